The van der Waals surface area contributed by atoms with Gasteiger partial charge in [-0.25, -0.2) is 4.79 Å². The van der Waals surface area contributed by atoms with Gasteiger partial charge in [0.05, 0.1) is 11.5 Å². The SMILES string of the molecule is O=C(O)/C(=C/C(Cl)(Cl)Cl)CCl. The fourth-order valence-corrected chi connectivity index (χ4v) is 0.942. The highest BCUT2D eigenvalue weighted by Crippen LogP contribution is 2.29. The van der Waals surface area contributed by atoms with Crippen molar-refractivity contribution in [3.8, 4) is 0 Å². The van der Waals surface area contributed by atoms with E-state index >= 15 is 0 Å². The molecule has 0 rings (SSSR count). The highest BCUT2D eigenvalue weighted by molar-refractivity contribution is 6.69. The van der Waals surface area contributed by atoms with Gasteiger partial charge in [0, 0.05) is 0 Å². The molecule has 11 heavy (non-hydrogen) atoms. The fraction of sp³-hybridized carbons (Fsp3) is 0.400. The number of aliphatic carboxylic acids is 1. The van der Waals surface area contributed by atoms with Crippen LogP contribution < -0.4 is 0 Å². The number of carbonyl (C=O) groups is 1. The van der Waals surface area contributed by atoms with E-state index in [2.05, 4.69) is 0 Å². The Morgan fingerprint density at radius 3 is 2.00 bits per heavy atom. The zero-order valence-corrected chi connectivity index (χ0v) is 8.18. The van der Waals surface area contributed by atoms with Gasteiger partial charge in [0.15, 0.2) is 0 Å². The number of carboxylic acid groups (broad SMARTS) is 1. The molecule has 0 heterocycles. The van der Waals surface area contributed by atoms with Crippen molar-refractivity contribution in [3.05, 3.63) is 11.6 Å². The first kappa shape index (κ1) is 11.4. The zero-order valence-electron chi connectivity index (χ0n) is 5.15. The lowest BCUT2D eigenvalue weighted by Gasteiger charge is -2.04. The molecule has 2 nitrogen and oxygen atoms in total. The van der Waals surface area contributed by atoms with Gasteiger partial charge in [-0.3, -0.25) is 0 Å². The molecule has 0 atom stereocenters. The molecule has 0 amide bonds. The molecule has 0 aromatic rings. The lowest BCUT2D eigenvalue weighted by Crippen LogP contribution is -2.07. The predicted molar refractivity (Wildman–Crippen MR) is 46.7 cm³/mol. The fourth-order valence-electron chi connectivity index (χ4n) is 0.355. The van der Waals surface area contributed by atoms with Crippen molar-refractivity contribution in [2.24, 2.45) is 0 Å². The van der Waals surface area contributed by atoms with Crippen LogP contribution in [0.3, 0.4) is 0 Å². The monoisotopic (exact) mass is 236 g/mol. The number of allylic oxidation sites excluding steroid dienone is 1. The summed E-state index contributed by atoms with van der Waals surface area (Å²) in [5, 5.41) is 8.41. The Kier molecular flexibility index (Phi) is 4.56. The third-order valence-corrected chi connectivity index (χ3v) is 1.37. The van der Waals surface area contributed by atoms with Gasteiger partial charge in [0.25, 0.3) is 0 Å². The van der Waals surface area contributed by atoms with E-state index in [4.69, 9.17) is 51.5 Å². The van der Waals surface area contributed by atoms with Crippen LogP contribution in [-0.4, -0.2) is 20.7 Å². The zero-order chi connectivity index (χ0) is 9.07. The molecule has 0 spiro atoms. The molecule has 64 valence electrons. The molecule has 0 aromatic heterocycles. The summed E-state index contributed by atoms with van der Waals surface area (Å²) in [5.41, 5.74) is -0.133. The maximum absolute atomic E-state index is 10.3. The molecule has 1 N–H and O–H groups in total. The molecule has 0 bridgehead atoms. The summed E-state index contributed by atoms with van der Waals surface area (Å²) in [4.78, 5) is 10.3. The van der Waals surface area contributed by atoms with Crippen molar-refractivity contribution >= 4 is 52.4 Å². The van der Waals surface area contributed by atoms with Crippen molar-refractivity contribution in [2.75, 3.05) is 5.88 Å². The Morgan fingerprint density at radius 2 is 1.91 bits per heavy atom. The van der Waals surface area contributed by atoms with E-state index in [0.717, 1.165) is 6.08 Å². The summed E-state index contributed by atoms with van der Waals surface area (Å²) in [7, 11) is 0. The highest BCUT2D eigenvalue weighted by Gasteiger charge is 2.19. The third kappa shape index (κ3) is 5.62. The summed E-state index contributed by atoms with van der Waals surface area (Å²) in [6.45, 7) is 0. The van der Waals surface area contributed by atoms with Crippen molar-refractivity contribution in [1.82, 2.24) is 0 Å². The molecule has 0 aliphatic carbocycles. The minimum atomic E-state index is -1.71. The maximum atomic E-state index is 10.3. The summed E-state index contributed by atoms with van der Waals surface area (Å²) in [6, 6.07) is 0. The molecule has 0 aliphatic heterocycles. The molecule has 0 aliphatic rings. The van der Waals surface area contributed by atoms with Crippen LogP contribution in [0.15, 0.2) is 11.6 Å². The van der Waals surface area contributed by atoms with Gasteiger partial charge < -0.3 is 5.11 Å². The largest absolute Gasteiger partial charge is 0.478 e. The summed E-state index contributed by atoms with van der Waals surface area (Å²) >= 11 is 21.1. The van der Waals surface area contributed by atoms with Crippen LogP contribution in [-0.2, 0) is 4.79 Å². The van der Waals surface area contributed by atoms with Crippen LogP contribution in [0.1, 0.15) is 0 Å². The molecule has 0 fully saturated rings. The Hall–Kier alpha value is 0.370. The quantitative estimate of drug-likeness (QED) is 0.592. The first-order chi connectivity index (χ1) is 4.87. The second-order valence-electron chi connectivity index (χ2n) is 1.65. The van der Waals surface area contributed by atoms with Crippen LogP contribution in [0.4, 0.5) is 0 Å². The molecular weight excluding hydrogens is 234 g/mol. The van der Waals surface area contributed by atoms with Gasteiger partial charge in [0.2, 0.25) is 3.79 Å². The van der Waals surface area contributed by atoms with Crippen molar-refractivity contribution in [1.29, 1.82) is 0 Å². The second kappa shape index (κ2) is 4.41. The van der Waals surface area contributed by atoms with Gasteiger partial charge in [-0.1, -0.05) is 34.8 Å². The number of rotatable bonds is 2. The first-order valence-corrected chi connectivity index (χ1v) is 4.11. The van der Waals surface area contributed by atoms with Crippen LogP contribution in [0, 0.1) is 0 Å². The van der Waals surface area contributed by atoms with E-state index in [1.165, 1.54) is 0 Å². The summed E-state index contributed by atoms with van der Waals surface area (Å²) in [6.07, 6.45) is 0.965. The molecule has 0 radical (unpaired) electrons. The minimum absolute atomic E-state index is 0.133. The van der Waals surface area contributed by atoms with E-state index in [1.807, 2.05) is 0 Å². The molecule has 0 saturated heterocycles. The molecular formula is C5H4Cl4O2. The topological polar surface area (TPSA) is 37.3 Å². The van der Waals surface area contributed by atoms with E-state index in [-0.39, 0.29) is 11.5 Å². The Morgan fingerprint density at radius 1 is 1.45 bits per heavy atom. The van der Waals surface area contributed by atoms with Crippen LogP contribution >= 0.6 is 46.4 Å². The lowest BCUT2D eigenvalue weighted by molar-refractivity contribution is -0.132. The first-order valence-electron chi connectivity index (χ1n) is 2.44. The Labute approximate surface area is 83.7 Å². The van der Waals surface area contributed by atoms with Gasteiger partial charge in [-0.15, -0.1) is 11.6 Å². The van der Waals surface area contributed by atoms with Gasteiger partial charge >= 0.3 is 5.97 Å². The van der Waals surface area contributed by atoms with Gasteiger partial charge in [-0.05, 0) is 6.08 Å². The maximum Gasteiger partial charge on any atom is 0.332 e. The molecule has 0 aromatic carbocycles. The molecule has 0 saturated carbocycles. The molecule has 6 heteroatoms. The van der Waals surface area contributed by atoms with Crippen LogP contribution in [0.5, 0.6) is 0 Å². The Bertz CT molecular complexity index is 181. The van der Waals surface area contributed by atoms with Crippen LogP contribution in [0.25, 0.3) is 0 Å². The van der Waals surface area contributed by atoms with Gasteiger partial charge in [0.1, 0.15) is 0 Å². The smallest absolute Gasteiger partial charge is 0.332 e. The molecule has 0 unspecified atom stereocenters. The number of hydrogen-bond donors (Lipinski definition) is 1. The van der Waals surface area contributed by atoms with E-state index in [0.29, 0.717) is 0 Å². The lowest BCUT2D eigenvalue weighted by atomic mass is 10.3. The van der Waals surface area contributed by atoms with E-state index in [1.54, 1.807) is 0 Å². The summed E-state index contributed by atoms with van der Waals surface area (Å²) in [5.74, 6) is -1.38. The van der Waals surface area contributed by atoms with E-state index < -0.39 is 9.76 Å². The minimum Gasteiger partial charge on any atom is -0.478 e. The highest BCUT2D eigenvalue weighted by atomic mass is 35.6. The van der Waals surface area contributed by atoms with Crippen molar-refractivity contribution < 1.29 is 9.90 Å². The number of carboxylic acids is 1. The predicted octanol–water partition coefficient (Wildman–Crippen LogP) is 2.61. The van der Waals surface area contributed by atoms with Crippen molar-refractivity contribution in [3.63, 3.8) is 0 Å². The Balaban J connectivity index is 4.49. The average Bonchev–Trinajstić information content (AvgIpc) is 1.80. The number of alkyl halides is 4. The third-order valence-electron chi connectivity index (χ3n) is 0.757. The van der Waals surface area contributed by atoms with E-state index in [9.17, 15) is 4.79 Å². The van der Waals surface area contributed by atoms with Gasteiger partial charge in [-0.2, -0.15) is 0 Å². The van der Waals surface area contributed by atoms with Crippen molar-refractivity contribution in [2.45, 2.75) is 3.79 Å². The summed E-state index contributed by atoms with van der Waals surface area (Å²) < 4.78 is -1.71. The number of halogens is 4. The second-order valence-corrected chi connectivity index (χ2v) is 4.29. The average molecular weight is 238 g/mol. The normalized spacial score (nSPS) is 13.3. The standard InChI is InChI=1S/C5H4Cl4O2/c6-2-3(4(10)11)1-5(7,8)9/h1H,2H2,(H,10,11)/b3-1+. The number of hydrogen-bond acceptors (Lipinski definition) is 1. The van der Waals surface area contributed by atoms with Crippen LogP contribution in [0.2, 0.25) is 0 Å².